The lowest BCUT2D eigenvalue weighted by Gasteiger charge is -2.11. The summed E-state index contributed by atoms with van der Waals surface area (Å²) in [6, 6.07) is 11.0. The number of aryl methyl sites for hydroxylation is 1. The van der Waals surface area contributed by atoms with Crippen LogP contribution in [0.25, 0.3) is 5.69 Å². The quantitative estimate of drug-likeness (QED) is 0.647. The van der Waals surface area contributed by atoms with Crippen molar-refractivity contribution in [3.05, 3.63) is 82.2 Å². The van der Waals surface area contributed by atoms with Gasteiger partial charge in [-0.05, 0) is 44.0 Å². The Bertz CT molecular complexity index is 1030. The fourth-order valence-electron chi connectivity index (χ4n) is 3.21. The normalized spacial score (nSPS) is 10.9. The highest BCUT2D eigenvalue weighted by Crippen LogP contribution is 2.21. The average Bonchev–Trinajstić information content (AvgIpc) is 2.99. The highest BCUT2D eigenvalue weighted by Gasteiger charge is 2.21. The van der Waals surface area contributed by atoms with Crippen LogP contribution in [0.1, 0.15) is 39.8 Å². The van der Waals surface area contributed by atoms with Crippen molar-refractivity contribution in [1.82, 2.24) is 15.1 Å². The first kappa shape index (κ1) is 20.7. The third kappa shape index (κ3) is 4.51. The zero-order valence-corrected chi connectivity index (χ0v) is 16.6. The topological polar surface area (TPSA) is 56.1 Å². The molecule has 0 atom stereocenters. The van der Waals surface area contributed by atoms with Crippen LogP contribution >= 0.6 is 0 Å². The number of hydrogen-bond acceptors (Lipinski definition) is 3. The number of amides is 1. The van der Waals surface area contributed by atoms with Crippen LogP contribution in [0.4, 0.5) is 8.78 Å². The number of rotatable bonds is 7. The minimum absolute atomic E-state index is 0.0908. The van der Waals surface area contributed by atoms with Gasteiger partial charge >= 0.3 is 0 Å². The van der Waals surface area contributed by atoms with Crippen LogP contribution in [0.15, 0.2) is 42.5 Å². The molecular weight excluding hydrogens is 376 g/mol. The summed E-state index contributed by atoms with van der Waals surface area (Å²) in [5.41, 5.74) is 3.37. The molecule has 0 fully saturated rings. The lowest BCUT2D eigenvalue weighted by Crippen LogP contribution is -2.24. The molecule has 0 unspecified atom stereocenters. The van der Waals surface area contributed by atoms with E-state index in [-0.39, 0.29) is 11.6 Å². The molecule has 1 N–H and O–H groups in total. The molecular formula is C22H23F2N3O2. The molecule has 3 aromatic rings. The number of aromatic nitrogens is 2. The van der Waals surface area contributed by atoms with Crippen molar-refractivity contribution in [3.8, 4) is 5.69 Å². The first-order chi connectivity index (χ1) is 13.9. The van der Waals surface area contributed by atoms with E-state index in [1.807, 2.05) is 31.2 Å². The van der Waals surface area contributed by atoms with Crippen LogP contribution in [0.2, 0.25) is 0 Å². The summed E-state index contributed by atoms with van der Waals surface area (Å²) in [4.78, 5) is 12.8. The molecule has 0 aliphatic heterocycles. The molecule has 0 spiro atoms. The number of carbonyl (C=O) groups is 1. The van der Waals surface area contributed by atoms with Gasteiger partial charge < -0.3 is 10.1 Å². The van der Waals surface area contributed by atoms with E-state index < -0.39 is 11.6 Å². The maximum Gasteiger partial charge on any atom is 0.255 e. The monoisotopic (exact) mass is 399 g/mol. The molecule has 29 heavy (non-hydrogen) atoms. The number of nitrogens with one attached hydrogen (secondary N) is 1. The average molecular weight is 399 g/mol. The number of ether oxygens (including phenoxy) is 1. The summed E-state index contributed by atoms with van der Waals surface area (Å²) in [7, 11) is 0. The first-order valence-electron chi connectivity index (χ1n) is 9.36. The Balaban J connectivity index is 1.81. The zero-order valence-electron chi connectivity index (χ0n) is 16.6. The maximum absolute atomic E-state index is 14.2. The molecule has 0 aliphatic carbocycles. The molecule has 2 aromatic carbocycles. The van der Waals surface area contributed by atoms with Gasteiger partial charge in [-0.25, -0.2) is 13.5 Å². The Morgan fingerprint density at radius 3 is 2.55 bits per heavy atom. The molecule has 0 radical (unpaired) electrons. The van der Waals surface area contributed by atoms with Crippen LogP contribution in [-0.4, -0.2) is 22.3 Å². The van der Waals surface area contributed by atoms with E-state index in [0.29, 0.717) is 36.7 Å². The lowest BCUT2D eigenvalue weighted by molar-refractivity contribution is 0.0948. The van der Waals surface area contributed by atoms with Crippen LogP contribution in [0.3, 0.4) is 0 Å². The number of halogens is 2. The third-order valence-electron chi connectivity index (χ3n) is 4.68. The predicted molar refractivity (Wildman–Crippen MR) is 106 cm³/mol. The summed E-state index contributed by atoms with van der Waals surface area (Å²) >= 11 is 0. The first-order valence-corrected chi connectivity index (χ1v) is 9.36. The second kappa shape index (κ2) is 8.96. The standard InChI is InChI=1S/C22H23F2N3O2/c1-4-29-13-17-8-6-5-7-16(17)12-25-22(28)21-14(2)26-27(15(21)3)20-10-9-18(23)11-19(20)24/h5-11H,4,12-13H2,1-3H3,(H,25,28). The molecule has 1 heterocycles. The molecule has 0 saturated heterocycles. The molecule has 3 rings (SSSR count). The fourth-order valence-corrected chi connectivity index (χ4v) is 3.21. The molecule has 5 nitrogen and oxygen atoms in total. The summed E-state index contributed by atoms with van der Waals surface area (Å²) in [6.07, 6.45) is 0. The van der Waals surface area contributed by atoms with Crippen molar-refractivity contribution in [2.45, 2.75) is 33.9 Å². The Morgan fingerprint density at radius 2 is 1.86 bits per heavy atom. The molecule has 152 valence electrons. The van der Waals surface area contributed by atoms with Crippen molar-refractivity contribution in [2.24, 2.45) is 0 Å². The summed E-state index contributed by atoms with van der Waals surface area (Å²) in [6.45, 7) is 6.71. The van der Waals surface area contributed by atoms with Crippen molar-refractivity contribution in [3.63, 3.8) is 0 Å². The summed E-state index contributed by atoms with van der Waals surface area (Å²) < 4.78 is 34.2. The smallest absolute Gasteiger partial charge is 0.255 e. The number of nitrogens with zero attached hydrogens (tertiary/aromatic N) is 2. The van der Waals surface area contributed by atoms with Gasteiger partial charge in [-0.2, -0.15) is 5.10 Å². The van der Waals surface area contributed by atoms with E-state index in [2.05, 4.69) is 10.4 Å². The molecule has 7 heteroatoms. The van der Waals surface area contributed by atoms with E-state index in [9.17, 15) is 13.6 Å². The third-order valence-corrected chi connectivity index (χ3v) is 4.68. The highest BCUT2D eigenvalue weighted by atomic mass is 19.1. The van der Waals surface area contributed by atoms with Crippen molar-refractivity contribution < 1.29 is 18.3 Å². The van der Waals surface area contributed by atoms with E-state index in [1.54, 1.807) is 13.8 Å². The Labute approximate surface area is 168 Å². The van der Waals surface area contributed by atoms with E-state index in [0.717, 1.165) is 23.3 Å². The molecule has 0 saturated carbocycles. The fraction of sp³-hybridized carbons (Fsp3) is 0.273. The SMILES string of the molecule is CCOCc1ccccc1CNC(=O)c1c(C)nn(-c2ccc(F)cc2F)c1C. The van der Waals surface area contributed by atoms with Gasteiger partial charge in [0.1, 0.15) is 11.5 Å². The van der Waals surface area contributed by atoms with Gasteiger partial charge in [0.2, 0.25) is 0 Å². The van der Waals surface area contributed by atoms with Crippen LogP contribution < -0.4 is 5.32 Å². The molecule has 1 aromatic heterocycles. The number of hydrogen-bond donors (Lipinski definition) is 1. The largest absolute Gasteiger partial charge is 0.377 e. The Hall–Kier alpha value is -3.06. The highest BCUT2D eigenvalue weighted by molar-refractivity contribution is 5.96. The van der Waals surface area contributed by atoms with Crippen molar-refractivity contribution >= 4 is 5.91 Å². The van der Waals surface area contributed by atoms with Crippen LogP contribution in [-0.2, 0) is 17.9 Å². The van der Waals surface area contributed by atoms with Gasteiger partial charge in [0.25, 0.3) is 5.91 Å². The predicted octanol–water partition coefficient (Wildman–Crippen LogP) is 4.23. The summed E-state index contributed by atoms with van der Waals surface area (Å²) in [5.74, 6) is -1.72. The number of benzene rings is 2. The maximum atomic E-state index is 14.2. The van der Waals surface area contributed by atoms with E-state index in [1.165, 1.54) is 10.7 Å². The van der Waals surface area contributed by atoms with Gasteiger partial charge in [0.15, 0.2) is 5.82 Å². The summed E-state index contributed by atoms with van der Waals surface area (Å²) in [5, 5.41) is 7.18. The minimum atomic E-state index is -0.743. The van der Waals surface area contributed by atoms with Crippen LogP contribution in [0.5, 0.6) is 0 Å². The molecule has 1 amide bonds. The Kier molecular flexibility index (Phi) is 6.39. The molecule has 0 aliphatic rings. The van der Waals surface area contributed by atoms with Gasteiger partial charge in [0, 0.05) is 19.2 Å². The lowest BCUT2D eigenvalue weighted by atomic mass is 10.1. The van der Waals surface area contributed by atoms with Crippen molar-refractivity contribution in [2.75, 3.05) is 6.61 Å². The van der Waals surface area contributed by atoms with Gasteiger partial charge in [0.05, 0.1) is 23.6 Å². The van der Waals surface area contributed by atoms with Gasteiger partial charge in [-0.15, -0.1) is 0 Å². The van der Waals surface area contributed by atoms with Gasteiger partial charge in [-0.1, -0.05) is 24.3 Å². The number of carbonyl (C=O) groups excluding carboxylic acids is 1. The second-order valence-electron chi connectivity index (χ2n) is 6.64. The van der Waals surface area contributed by atoms with E-state index >= 15 is 0 Å². The van der Waals surface area contributed by atoms with E-state index in [4.69, 9.17) is 4.74 Å². The second-order valence-corrected chi connectivity index (χ2v) is 6.64. The zero-order chi connectivity index (χ0) is 21.0. The minimum Gasteiger partial charge on any atom is -0.377 e. The van der Waals surface area contributed by atoms with Crippen LogP contribution in [0, 0.1) is 25.5 Å². The molecule has 0 bridgehead atoms. The Morgan fingerprint density at radius 1 is 1.14 bits per heavy atom. The van der Waals surface area contributed by atoms with Gasteiger partial charge in [-0.3, -0.25) is 4.79 Å². The van der Waals surface area contributed by atoms with Crippen molar-refractivity contribution in [1.29, 1.82) is 0 Å².